The normalized spacial score (nSPS) is 10.8. The van der Waals surface area contributed by atoms with Gasteiger partial charge in [0.1, 0.15) is 17.8 Å². The standard InChI is InChI=1S/C17H15FN2O2/c1-2-11-7-8-12(9-13(11)18)19-16(21)10-17-20-14-5-3-4-6-15(14)22-17/h3-9H,2,10H2,1H3,(H,19,21). The van der Waals surface area contributed by atoms with Gasteiger partial charge < -0.3 is 9.73 Å². The Labute approximate surface area is 127 Å². The summed E-state index contributed by atoms with van der Waals surface area (Å²) in [5, 5.41) is 2.65. The molecule has 0 radical (unpaired) electrons. The number of aromatic nitrogens is 1. The first-order chi connectivity index (χ1) is 10.7. The van der Waals surface area contributed by atoms with Gasteiger partial charge in [0, 0.05) is 5.69 Å². The summed E-state index contributed by atoms with van der Waals surface area (Å²) in [7, 11) is 0. The lowest BCUT2D eigenvalue weighted by Crippen LogP contribution is -2.14. The van der Waals surface area contributed by atoms with Gasteiger partial charge >= 0.3 is 0 Å². The molecule has 22 heavy (non-hydrogen) atoms. The van der Waals surface area contributed by atoms with E-state index in [1.54, 1.807) is 18.2 Å². The predicted molar refractivity (Wildman–Crippen MR) is 82.1 cm³/mol. The minimum atomic E-state index is -0.317. The minimum Gasteiger partial charge on any atom is -0.440 e. The molecule has 1 amide bonds. The van der Waals surface area contributed by atoms with Crippen molar-refractivity contribution in [3.05, 3.63) is 59.7 Å². The highest BCUT2D eigenvalue weighted by atomic mass is 19.1. The van der Waals surface area contributed by atoms with Crippen LogP contribution in [0.3, 0.4) is 0 Å². The molecule has 0 aliphatic carbocycles. The third kappa shape index (κ3) is 2.98. The summed E-state index contributed by atoms with van der Waals surface area (Å²) in [5.41, 5.74) is 2.40. The number of nitrogens with zero attached hydrogens (tertiary/aromatic N) is 1. The molecular formula is C17H15FN2O2. The Balaban J connectivity index is 1.70. The number of hydrogen-bond donors (Lipinski definition) is 1. The fraction of sp³-hybridized carbons (Fsp3) is 0.176. The number of anilines is 1. The lowest BCUT2D eigenvalue weighted by molar-refractivity contribution is -0.115. The maximum absolute atomic E-state index is 13.7. The van der Waals surface area contributed by atoms with Crippen molar-refractivity contribution >= 4 is 22.7 Å². The van der Waals surface area contributed by atoms with E-state index in [4.69, 9.17) is 4.42 Å². The highest BCUT2D eigenvalue weighted by Gasteiger charge is 2.11. The number of rotatable bonds is 4. The van der Waals surface area contributed by atoms with E-state index < -0.39 is 0 Å². The Morgan fingerprint density at radius 3 is 2.82 bits per heavy atom. The first-order valence-corrected chi connectivity index (χ1v) is 7.08. The Morgan fingerprint density at radius 2 is 2.09 bits per heavy atom. The van der Waals surface area contributed by atoms with Gasteiger partial charge in [0.05, 0.1) is 0 Å². The SMILES string of the molecule is CCc1ccc(NC(=O)Cc2nc3ccccc3o2)cc1F. The van der Waals surface area contributed by atoms with Gasteiger partial charge in [-0.2, -0.15) is 0 Å². The Bertz CT molecular complexity index is 793. The van der Waals surface area contributed by atoms with E-state index >= 15 is 0 Å². The molecule has 0 saturated carbocycles. The van der Waals surface area contributed by atoms with E-state index in [0.29, 0.717) is 34.7 Å². The van der Waals surface area contributed by atoms with Crippen molar-refractivity contribution in [2.24, 2.45) is 0 Å². The number of carbonyl (C=O) groups is 1. The third-order valence-electron chi connectivity index (χ3n) is 3.37. The van der Waals surface area contributed by atoms with Crippen molar-refractivity contribution < 1.29 is 13.6 Å². The second-order valence-corrected chi connectivity index (χ2v) is 4.96. The van der Waals surface area contributed by atoms with E-state index in [9.17, 15) is 9.18 Å². The fourth-order valence-corrected chi connectivity index (χ4v) is 2.25. The van der Waals surface area contributed by atoms with Gasteiger partial charge in [-0.15, -0.1) is 0 Å². The number of hydrogen-bond acceptors (Lipinski definition) is 3. The number of oxazole rings is 1. The molecule has 5 heteroatoms. The van der Waals surface area contributed by atoms with Crippen molar-refractivity contribution in [1.82, 2.24) is 4.98 Å². The zero-order valence-electron chi connectivity index (χ0n) is 12.1. The molecule has 0 saturated heterocycles. The maximum atomic E-state index is 13.7. The van der Waals surface area contributed by atoms with Crippen LogP contribution in [0.2, 0.25) is 0 Å². The molecule has 0 bridgehead atoms. The number of amides is 1. The summed E-state index contributed by atoms with van der Waals surface area (Å²) in [6.07, 6.45) is 0.620. The van der Waals surface area contributed by atoms with Crippen molar-refractivity contribution in [2.75, 3.05) is 5.32 Å². The summed E-state index contributed by atoms with van der Waals surface area (Å²) in [4.78, 5) is 16.2. The zero-order valence-corrected chi connectivity index (χ0v) is 12.1. The Kier molecular flexibility index (Phi) is 3.87. The van der Waals surface area contributed by atoms with Crippen LogP contribution >= 0.6 is 0 Å². The van der Waals surface area contributed by atoms with Gasteiger partial charge in [-0.05, 0) is 36.2 Å². The summed E-state index contributed by atoms with van der Waals surface area (Å²) in [5.74, 6) is -0.276. The maximum Gasteiger partial charge on any atom is 0.233 e. The van der Waals surface area contributed by atoms with Crippen molar-refractivity contribution in [3.8, 4) is 0 Å². The lowest BCUT2D eigenvalue weighted by atomic mass is 10.1. The molecule has 3 rings (SSSR count). The molecule has 3 aromatic rings. The summed E-state index contributed by atoms with van der Waals surface area (Å²) in [6.45, 7) is 1.88. The van der Waals surface area contributed by atoms with E-state index in [1.165, 1.54) is 6.07 Å². The van der Waals surface area contributed by atoms with E-state index in [-0.39, 0.29) is 18.1 Å². The Hall–Kier alpha value is -2.69. The fourth-order valence-electron chi connectivity index (χ4n) is 2.25. The highest BCUT2D eigenvalue weighted by molar-refractivity contribution is 5.92. The number of nitrogens with one attached hydrogen (secondary N) is 1. The lowest BCUT2D eigenvalue weighted by Gasteiger charge is -2.06. The molecule has 0 fully saturated rings. The highest BCUT2D eigenvalue weighted by Crippen LogP contribution is 2.17. The van der Waals surface area contributed by atoms with Crippen LogP contribution in [0.15, 0.2) is 46.9 Å². The molecule has 0 aliphatic rings. The number of para-hydroxylation sites is 2. The second kappa shape index (κ2) is 5.97. The van der Waals surface area contributed by atoms with Crippen LogP contribution in [0.25, 0.3) is 11.1 Å². The first-order valence-electron chi connectivity index (χ1n) is 7.08. The molecule has 0 spiro atoms. The van der Waals surface area contributed by atoms with Crippen LogP contribution in [-0.4, -0.2) is 10.9 Å². The smallest absolute Gasteiger partial charge is 0.233 e. The summed E-state index contributed by atoms with van der Waals surface area (Å²) < 4.78 is 19.2. The van der Waals surface area contributed by atoms with E-state index in [2.05, 4.69) is 10.3 Å². The van der Waals surface area contributed by atoms with Gasteiger partial charge in [-0.1, -0.05) is 25.1 Å². The molecule has 1 N–H and O–H groups in total. The van der Waals surface area contributed by atoms with Crippen molar-refractivity contribution in [1.29, 1.82) is 0 Å². The topological polar surface area (TPSA) is 55.1 Å². The van der Waals surface area contributed by atoms with Crippen LogP contribution < -0.4 is 5.32 Å². The van der Waals surface area contributed by atoms with Gasteiger partial charge in [0.2, 0.25) is 11.8 Å². The number of fused-ring (bicyclic) bond motifs is 1. The van der Waals surface area contributed by atoms with Crippen LogP contribution in [0.4, 0.5) is 10.1 Å². The average Bonchev–Trinajstić information content (AvgIpc) is 2.89. The van der Waals surface area contributed by atoms with Crippen LogP contribution in [-0.2, 0) is 17.6 Å². The molecule has 0 atom stereocenters. The quantitative estimate of drug-likeness (QED) is 0.799. The van der Waals surface area contributed by atoms with Crippen LogP contribution in [0.5, 0.6) is 0 Å². The molecule has 112 valence electrons. The first kappa shape index (κ1) is 14.3. The van der Waals surface area contributed by atoms with E-state index in [0.717, 1.165) is 0 Å². The number of aryl methyl sites for hydroxylation is 1. The number of benzene rings is 2. The molecule has 1 heterocycles. The number of carbonyl (C=O) groups excluding carboxylic acids is 1. The number of halogens is 1. The summed E-state index contributed by atoms with van der Waals surface area (Å²) >= 11 is 0. The third-order valence-corrected chi connectivity index (χ3v) is 3.37. The van der Waals surface area contributed by atoms with Crippen LogP contribution in [0, 0.1) is 5.82 Å². The molecule has 0 unspecified atom stereocenters. The predicted octanol–water partition coefficient (Wildman–Crippen LogP) is 3.71. The zero-order chi connectivity index (χ0) is 15.5. The van der Waals surface area contributed by atoms with E-state index in [1.807, 2.05) is 25.1 Å². The van der Waals surface area contributed by atoms with Crippen molar-refractivity contribution in [3.63, 3.8) is 0 Å². The van der Waals surface area contributed by atoms with Gasteiger partial charge in [0.15, 0.2) is 5.58 Å². The molecular weight excluding hydrogens is 283 g/mol. The molecule has 1 aromatic heterocycles. The second-order valence-electron chi connectivity index (χ2n) is 4.96. The molecule has 2 aromatic carbocycles. The van der Waals surface area contributed by atoms with Gasteiger partial charge in [0.25, 0.3) is 0 Å². The van der Waals surface area contributed by atoms with Gasteiger partial charge in [-0.3, -0.25) is 4.79 Å². The minimum absolute atomic E-state index is 0.00578. The molecule has 4 nitrogen and oxygen atoms in total. The Morgan fingerprint density at radius 1 is 1.27 bits per heavy atom. The summed E-state index contributed by atoms with van der Waals surface area (Å²) in [6, 6.07) is 12.0. The van der Waals surface area contributed by atoms with Crippen LogP contribution in [0.1, 0.15) is 18.4 Å². The van der Waals surface area contributed by atoms with Gasteiger partial charge in [-0.25, -0.2) is 9.37 Å². The monoisotopic (exact) mass is 298 g/mol. The average molecular weight is 298 g/mol. The molecule has 0 aliphatic heterocycles. The largest absolute Gasteiger partial charge is 0.440 e. The van der Waals surface area contributed by atoms with Crippen molar-refractivity contribution in [2.45, 2.75) is 19.8 Å².